The van der Waals surface area contributed by atoms with Crippen molar-refractivity contribution >= 4 is 27.2 Å². The smallest absolute Gasteiger partial charge is 0.240 e. The fourth-order valence-electron chi connectivity index (χ4n) is 2.40. The lowest BCUT2D eigenvalue weighted by molar-refractivity contribution is -0.00475. The van der Waals surface area contributed by atoms with Gasteiger partial charge in [-0.2, -0.15) is 0 Å². The number of thiocarbonyl (C=S) groups is 1. The maximum absolute atomic E-state index is 12.3. The van der Waals surface area contributed by atoms with Crippen LogP contribution in [0, 0.1) is 6.92 Å². The molecular formula is C14H20N2O3S2. The predicted octanol–water partition coefficient (Wildman–Crippen LogP) is 1.48. The van der Waals surface area contributed by atoms with Gasteiger partial charge in [0.25, 0.3) is 0 Å². The zero-order valence-electron chi connectivity index (χ0n) is 12.1. The molecule has 0 spiro atoms. The maximum Gasteiger partial charge on any atom is 0.240 e. The van der Waals surface area contributed by atoms with Crippen LogP contribution in [0.25, 0.3) is 0 Å². The average Bonchev–Trinajstić information content (AvgIpc) is 2.35. The molecule has 0 bridgehead atoms. The van der Waals surface area contributed by atoms with Crippen molar-refractivity contribution in [2.24, 2.45) is 5.73 Å². The first-order chi connectivity index (χ1) is 9.83. The molecule has 0 atom stereocenters. The highest BCUT2D eigenvalue weighted by molar-refractivity contribution is 7.89. The molecule has 3 N–H and O–H groups in total. The Labute approximate surface area is 130 Å². The van der Waals surface area contributed by atoms with Crippen LogP contribution in [-0.4, -0.2) is 32.2 Å². The number of rotatable bonds is 6. The summed E-state index contributed by atoms with van der Waals surface area (Å²) >= 11 is 4.92. The highest BCUT2D eigenvalue weighted by atomic mass is 32.2. The second-order valence-corrected chi connectivity index (χ2v) is 7.36. The zero-order valence-corrected chi connectivity index (χ0v) is 13.8. The minimum atomic E-state index is -3.51. The van der Waals surface area contributed by atoms with E-state index in [9.17, 15) is 8.42 Å². The van der Waals surface area contributed by atoms with Gasteiger partial charge < -0.3 is 10.5 Å². The lowest BCUT2D eigenvalue weighted by Gasteiger charge is -2.35. The molecule has 7 heteroatoms. The Morgan fingerprint density at radius 2 is 2.14 bits per heavy atom. The standard InChI is InChI=1S/C14H20N2O3S2/c1-3-19-11-7-10(8-11)16-21(17,18)12-4-5-13(14(15)20)9(2)6-12/h4-6,10-11,16H,3,7-8H2,1-2H3,(H2,15,20). The van der Waals surface area contributed by atoms with Crippen molar-refractivity contribution in [3.63, 3.8) is 0 Å². The predicted molar refractivity (Wildman–Crippen MR) is 85.8 cm³/mol. The molecule has 21 heavy (non-hydrogen) atoms. The van der Waals surface area contributed by atoms with Gasteiger partial charge in [0.05, 0.1) is 11.0 Å². The number of ether oxygens (including phenoxy) is 1. The summed E-state index contributed by atoms with van der Waals surface area (Å²) in [6.07, 6.45) is 1.61. The van der Waals surface area contributed by atoms with E-state index in [1.165, 1.54) is 6.07 Å². The summed E-state index contributed by atoms with van der Waals surface area (Å²) in [5, 5.41) is 0. The molecule has 1 aromatic carbocycles. The first-order valence-corrected chi connectivity index (χ1v) is 8.77. The molecule has 1 aromatic rings. The second kappa shape index (κ2) is 6.39. The van der Waals surface area contributed by atoms with Gasteiger partial charge in [0.2, 0.25) is 10.0 Å². The number of sulfonamides is 1. The Morgan fingerprint density at radius 3 is 2.67 bits per heavy atom. The minimum absolute atomic E-state index is 0.0536. The minimum Gasteiger partial charge on any atom is -0.389 e. The first kappa shape index (κ1) is 16.4. The maximum atomic E-state index is 12.3. The van der Waals surface area contributed by atoms with Gasteiger partial charge in [0, 0.05) is 18.2 Å². The van der Waals surface area contributed by atoms with Crippen molar-refractivity contribution in [3.8, 4) is 0 Å². The van der Waals surface area contributed by atoms with Crippen LogP contribution in [0.2, 0.25) is 0 Å². The molecule has 0 aliphatic heterocycles. The van der Waals surface area contributed by atoms with Crippen molar-refractivity contribution in [1.29, 1.82) is 0 Å². The van der Waals surface area contributed by atoms with Gasteiger partial charge in [-0.05, 0) is 44.4 Å². The monoisotopic (exact) mass is 328 g/mol. The van der Waals surface area contributed by atoms with Crippen molar-refractivity contribution in [3.05, 3.63) is 29.3 Å². The number of hydrogen-bond acceptors (Lipinski definition) is 4. The molecule has 1 aliphatic carbocycles. The molecule has 0 aromatic heterocycles. The van der Waals surface area contributed by atoms with Gasteiger partial charge >= 0.3 is 0 Å². The van der Waals surface area contributed by atoms with E-state index in [0.717, 1.165) is 18.4 Å². The van der Waals surface area contributed by atoms with E-state index in [4.69, 9.17) is 22.7 Å². The summed E-state index contributed by atoms with van der Waals surface area (Å²) in [6, 6.07) is 4.72. The summed E-state index contributed by atoms with van der Waals surface area (Å²) in [5.41, 5.74) is 7.04. The molecule has 2 rings (SSSR count). The van der Waals surface area contributed by atoms with E-state index in [2.05, 4.69) is 4.72 Å². The van der Waals surface area contributed by atoms with Crippen LogP contribution in [0.4, 0.5) is 0 Å². The Bertz CT molecular complexity index is 638. The zero-order chi connectivity index (χ0) is 15.6. The molecule has 5 nitrogen and oxygen atoms in total. The van der Waals surface area contributed by atoms with Crippen LogP contribution in [-0.2, 0) is 14.8 Å². The molecule has 0 radical (unpaired) electrons. The summed E-state index contributed by atoms with van der Waals surface area (Å²) in [5.74, 6) is 0. The Kier molecular flexibility index (Phi) is 4.98. The topological polar surface area (TPSA) is 81.4 Å². The number of aryl methyl sites for hydroxylation is 1. The molecule has 0 amide bonds. The SMILES string of the molecule is CCOC1CC(NS(=O)(=O)c2ccc(C(N)=S)c(C)c2)C1. The molecule has 1 saturated carbocycles. The number of nitrogens with one attached hydrogen (secondary N) is 1. The van der Waals surface area contributed by atoms with Gasteiger partial charge in [0.15, 0.2) is 0 Å². The third kappa shape index (κ3) is 3.79. The first-order valence-electron chi connectivity index (χ1n) is 6.88. The van der Waals surface area contributed by atoms with E-state index in [1.54, 1.807) is 19.1 Å². The lowest BCUT2D eigenvalue weighted by Crippen LogP contribution is -2.47. The molecule has 0 unspecified atom stereocenters. The van der Waals surface area contributed by atoms with Crippen LogP contribution in [0.15, 0.2) is 23.1 Å². The summed E-state index contributed by atoms with van der Waals surface area (Å²) in [7, 11) is -3.51. The van der Waals surface area contributed by atoms with Crippen LogP contribution in [0.5, 0.6) is 0 Å². The molecule has 0 saturated heterocycles. The highest BCUT2D eigenvalue weighted by Crippen LogP contribution is 2.25. The Hall–Kier alpha value is -1.02. The van der Waals surface area contributed by atoms with Gasteiger partial charge in [-0.3, -0.25) is 0 Å². The molecule has 116 valence electrons. The molecule has 1 aliphatic rings. The van der Waals surface area contributed by atoms with E-state index in [1.807, 2.05) is 6.92 Å². The lowest BCUT2D eigenvalue weighted by atomic mass is 9.90. The molecular weight excluding hydrogens is 308 g/mol. The Balaban J connectivity index is 2.07. The highest BCUT2D eigenvalue weighted by Gasteiger charge is 2.33. The number of benzene rings is 1. The number of nitrogens with two attached hydrogens (primary N) is 1. The van der Waals surface area contributed by atoms with Crippen molar-refractivity contribution in [2.45, 2.75) is 43.7 Å². The van der Waals surface area contributed by atoms with E-state index in [-0.39, 0.29) is 22.0 Å². The van der Waals surface area contributed by atoms with Crippen LogP contribution in [0.1, 0.15) is 30.9 Å². The molecule has 1 fully saturated rings. The van der Waals surface area contributed by atoms with Crippen molar-refractivity contribution in [1.82, 2.24) is 4.72 Å². The van der Waals surface area contributed by atoms with Crippen molar-refractivity contribution in [2.75, 3.05) is 6.61 Å². The average molecular weight is 328 g/mol. The van der Waals surface area contributed by atoms with Crippen LogP contribution in [0.3, 0.4) is 0 Å². The largest absolute Gasteiger partial charge is 0.389 e. The quantitative estimate of drug-likeness (QED) is 0.773. The van der Waals surface area contributed by atoms with Crippen molar-refractivity contribution < 1.29 is 13.2 Å². The molecule has 0 heterocycles. The second-order valence-electron chi connectivity index (χ2n) is 5.21. The van der Waals surface area contributed by atoms with Crippen LogP contribution >= 0.6 is 12.2 Å². The third-order valence-corrected chi connectivity index (χ3v) is 5.33. The van der Waals surface area contributed by atoms with Gasteiger partial charge in [-0.1, -0.05) is 18.3 Å². The van der Waals surface area contributed by atoms with E-state index < -0.39 is 10.0 Å². The third-order valence-electron chi connectivity index (χ3n) is 3.59. The summed E-state index contributed by atoms with van der Waals surface area (Å²) < 4.78 is 32.8. The van der Waals surface area contributed by atoms with E-state index in [0.29, 0.717) is 12.2 Å². The van der Waals surface area contributed by atoms with Crippen LogP contribution < -0.4 is 10.5 Å². The fourth-order valence-corrected chi connectivity index (χ4v) is 3.98. The van der Waals surface area contributed by atoms with Gasteiger partial charge in [0.1, 0.15) is 4.99 Å². The summed E-state index contributed by atoms with van der Waals surface area (Å²) in [6.45, 7) is 4.38. The van der Waals surface area contributed by atoms with E-state index >= 15 is 0 Å². The normalized spacial score (nSPS) is 21.8. The van der Waals surface area contributed by atoms with Gasteiger partial charge in [-0.15, -0.1) is 0 Å². The summed E-state index contributed by atoms with van der Waals surface area (Å²) in [4.78, 5) is 0.503. The Morgan fingerprint density at radius 1 is 1.48 bits per heavy atom. The fraction of sp³-hybridized carbons (Fsp3) is 0.500. The number of hydrogen-bond donors (Lipinski definition) is 2. The van der Waals surface area contributed by atoms with Gasteiger partial charge in [-0.25, -0.2) is 13.1 Å².